The van der Waals surface area contributed by atoms with E-state index in [2.05, 4.69) is 62.1 Å². The maximum absolute atomic E-state index is 5.73. The first kappa shape index (κ1) is 15.7. The summed E-state index contributed by atoms with van der Waals surface area (Å²) < 4.78 is 5.73. The summed E-state index contributed by atoms with van der Waals surface area (Å²) in [6.45, 7) is 7.38. The van der Waals surface area contributed by atoms with Gasteiger partial charge in [0.15, 0.2) is 0 Å². The quantitative estimate of drug-likeness (QED) is 0.846. The van der Waals surface area contributed by atoms with Crippen molar-refractivity contribution in [2.45, 2.75) is 45.7 Å². The van der Waals surface area contributed by atoms with Crippen molar-refractivity contribution in [3.05, 3.63) is 29.8 Å². The Morgan fingerprint density at radius 1 is 1.15 bits per heavy atom. The first-order chi connectivity index (χ1) is 9.65. The molecule has 2 nitrogen and oxygen atoms in total. The van der Waals surface area contributed by atoms with Gasteiger partial charge in [-0.2, -0.15) is 11.8 Å². The van der Waals surface area contributed by atoms with Crippen molar-refractivity contribution in [3.63, 3.8) is 0 Å². The summed E-state index contributed by atoms with van der Waals surface area (Å²) in [6.07, 6.45) is 2.59. The Balaban J connectivity index is 1.84. The number of benzene rings is 1. The number of thioether (sulfide) groups is 1. The third kappa shape index (κ3) is 5.02. The summed E-state index contributed by atoms with van der Waals surface area (Å²) in [5, 5.41) is 3.75. The van der Waals surface area contributed by atoms with Gasteiger partial charge in [0.2, 0.25) is 0 Å². The Labute approximate surface area is 127 Å². The zero-order chi connectivity index (χ0) is 14.4. The van der Waals surface area contributed by atoms with Crippen LogP contribution in [0.15, 0.2) is 24.3 Å². The van der Waals surface area contributed by atoms with Gasteiger partial charge < -0.3 is 10.1 Å². The lowest BCUT2D eigenvalue weighted by molar-refractivity contribution is 0.271. The maximum atomic E-state index is 5.73. The number of hydrogen-bond acceptors (Lipinski definition) is 3. The molecule has 0 saturated carbocycles. The molecule has 0 bridgehead atoms. The minimum absolute atomic E-state index is 0.419. The summed E-state index contributed by atoms with van der Waals surface area (Å²) in [4.78, 5) is 0. The highest BCUT2D eigenvalue weighted by molar-refractivity contribution is 7.99. The molecule has 0 amide bonds. The predicted molar refractivity (Wildman–Crippen MR) is 88.7 cm³/mol. The van der Waals surface area contributed by atoms with Gasteiger partial charge in [0.05, 0.1) is 6.61 Å². The first-order valence-electron chi connectivity index (χ1n) is 7.71. The zero-order valence-electron chi connectivity index (χ0n) is 12.9. The van der Waals surface area contributed by atoms with Gasteiger partial charge in [-0.15, -0.1) is 0 Å². The van der Waals surface area contributed by atoms with Gasteiger partial charge in [0.25, 0.3) is 0 Å². The molecule has 112 valence electrons. The van der Waals surface area contributed by atoms with E-state index in [0.29, 0.717) is 18.0 Å². The molecule has 0 radical (unpaired) electrons. The fraction of sp³-hybridized carbons (Fsp3) is 0.647. The summed E-state index contributed by atoms with van der Waals surface area (Å²) in [6, 6.07) is 9.65. The van der Waals surface area contributed by atoms with E-state index in [-0.39, 0.29) is 0 Å². The van der Waals surface area contributed by atoms with E-state index >= 15 is 0 Å². The van der Waals surface area contributed by atoms with Crippen LogP contribution in [0.25, 0.3) is 0 Å². The number of hydrogen-bond donors (Lipinski definition) is 1. The van der Waals surface area contributed by atoms with Crippen LogP contribution < -0.4 is 10.1 Å². The van der Waals surface area contributed by atoms with Crippen LogP contribution in [0.5, 0.6) is 5.75 Å². The molecule has 1 saturated heterocycles. The van der Waals surface area contributed by atoms with E-state index in [1.54, 1.807) is 0 Å². The van der Waals surface area contributed by atoms with Crippen LogP contribution in [0.1, 0.15) is 45.2 Å². The number of ether oxygens (including phenoxy) is 1. The topological polar surface area (TPSA) is 21.3 Å². The highest BCUT2D eigenvalue weighted by Gasteiger charge is 2.16. The van der Waals surface area contributed by atoms with Gasteiger partial charge in [-0.05, 0) is 54.9 Å². The molecule has 0 spiro atoms. The third-order valence-electron chi connectivity index (χ3n) is 3.67. The van der Waals surface area contributed by atoms with Crippen molar-refractivity contribution >= 4 is 11.8 Å². The molecule has 1 fully saturated rings. The second-order valence-electron chi connectivity index (χ2n) is 6.05. The minimum Gasteiger partial charge on any atom is -0.493 e. The van der Waals surface area contributed by atoms with Gasteiger partial charge >= 0.3 is 0 Å². The van der Waals surface area contributed by atoms with Crippen LogP contribution >= 0.6 is 11.8 Å². The Morgan fingerprint density at radius 2 is 1.80 bits per heavy atom. The third-order valence-corrected chi connectivity index (χ3v) is 4.72. The molecule has 1 heterocycles. The molecule has 0 aliphatic carbocycles. The highest BCUT2D eigenvalue weighted by Crippen LogP contribution is 2.22. The number of nitrogens with one attached hydrogen (secondary N) is 1. The van der Waals surface area contributed by atoms with E-state index in [1.165, 1.54) is 29.9 Å². The predicted octanol–water partition coefficient (Wildman–Crippen LogP) is 4.27. The lowest BCUT2D eigenvalue weighted by Gasteiger charge is -2.26. The number of rotatable bonds is 6. The first-order valence-corrected chi connectivity index (χ1v) is 8.87. The maximum Gasteiger partial charge on any atom is 0.119 e. The zero-order valence-corrected chi connectivity index (χ0v) is 13.7. The molecular formula is C17H27NOS. The largest absolute Gasteiger partial charge is 0.493 e. The van der Waals surface area contributed by atoms with E-state index in [9.17, 15) is 0 Å². The molecule has 1 aromatic carbocycles. The lowest BCUT2D eigenvalue weighted by atomic mass is 10.1. The molecule has 1 aliphatic rings. The van der Waals surface area contributed by atoms with Crippen LogP contribution in [0.4, 0.5) is 0 Å². The second-order valence-corrected chi connectivity index (χ2v) is 7.27. The molecule has 1 aromatic rings. The Hall–Kier alpha value is -0.670. The summed E-state index contributed by atoms with van der Waals surface area (Å²) in [5.74, 6) is 4.14. The minimum atomic E-state index is 0.419. The van der Waals surface area contributed by atoms with E-state index in [1.807, 2.05) is 0 Å². The molecule has 1 unspecified atom stereocenters. The van der Waals surface area contributed by atoms with Crippen molar-refractivity contribution in [3.8, 4) is 5.75 Å². The van der Waals surface area contributed by atoms with Crippen LogP contribution in [0.3, 0.4) is 0 Å². The van der Waals surface area contributed by atoms with Gasteiger partial charge in [-0.25, -0.2) is 0 Å². The van der Waals surface area contributed by atoms with Crippen LogP contribution in [-0.4, -0.2) is 24.2 Å². The monoisotopic (exact) mass is 293 g/mol. The SMILES string of the molecule is CC(C)COc1ccc(C(C)NC2CCSCC2)cc1. The van der Waals surface area contributed by atoms with Crippen molar-refractivity contribution < 1.29 is 4.74 Å². The second kappa shape index (κ2) is 7.94. The van der Waals surface area contributed by atoms with E-state index in [0.717, 1.165) is 12.4 Å². The summed E-state index contributed by atoms with van der Waals surface area (Å²) in [5.41, 5.74) is 1.35. The summed E-state index contributed by atoms with van der Waals surface area (Å²) in [7, 11) is 0. The highest BCUT2D eigenvalue weighted by atomic mass is 32.2. The van der Waals surface area contributed by atoms with Gasteiger partial charge in [-0.1, -0.05) is 26.0 Å². The van der Waals surface area contributed by atoms with E-state index in [4.69, 9.17) is 4.74 Å². The molecule has 0 aromatic heterocycles. The molecule has 2 rings (SSSR count). The average molecular weight is 293 g/mol. The molecule has 1 atom stereocenters. The molecule has 1 N–H and O–H groups in total. The Morgan fingerprint density at radius 3 is 2.40 bits per heavy atom. The summed E-state index contributed by atoms with van der Waals surface area (Å²) >= 11 is 2.07. The Bertz CT molecular complexity index is 384. The van der Waals surface area contributed by atoms with Gasteiger partial charge in [-0.3, -0.25) is 0 Å². The van der Waals surface area contributed by atoms with Crippen molar-refractivity contribution in [1.29, 1.82) is 0 Å². The van der Waals surface area contributed by atoms with E-state index < -0.39 is 0 Å². The van der Waals surface area contributed by atoms with Crippen LogP contribution in [-0.2, 0) is 0 Å². The molecular weight excluding hydrogens is 266 g/mol. The van der Waals surface area contributed by atoms with Crippen molar-refractivity contribution in [2.24, 2.45) is 5.92 Å². The smallest absolute Gasteiger partial charge is 0.119 e. The molecule has 1 aliphatic heterocycles. The molecule has 3 heteroatoms. The Kier molecular flexibility index (Phi) is 6.24. The van der Waals surface area contributed by atoms with Crippen molar-refractivity contribution in [2.75, 3.05) is 18.1 Å². The van der Waals surface area contributed by atoms with Crippen LogP contribution in [0.2, 0.25) is 0 Å². The fourth-order valence-corrected chi connectivity index (χ4v) is 3.54. The standard InChI is InChI=1S/C17H27NOS/c1-13(2)12-19-17-6-4-15(5-7-17)14(3)18-16-8-10-20-11-9-16/h4-7,13-14,16,18H,8-12H2,1-3H3. The molecule has 20 heavy (non-hydrogen) atoms. The van der Waals surface area contributed by atoms with Gasteiger partial charge in [0.1, 0.15) is 5.75 Å². The van der Waals surface area contributed by atoms with Crippen molar-refractivity contribution in [1.82, 2.24) is 5.32 Å². The van der Waals surface area contributed by atoms with Crippen LogP contribution in [0, 0.1) is 5.92 Å². The van der Waals surface area contributed by atoms with Gasteiger partial charge in [0, 0.05) is 12.1 Å². The normalized spacial score (nSPS) is 18.2. The lowest BCUT2D eigenvalue weighted by Crippen LogP contribution is -2.34. The average Bonchev–Trinajstić information content (AvgIpc) is 2.46. The fourth-order valence-electron chi connectivity index (χ4n) is 2.43.